The van der Waals surface area contributed by atoms with Crippen molar-refractivity contribution in [2.75, 3.05) is 0 Å². The summed E-state index contributed by atoms with van der Waals surface area (Å²) in [7, 11) is 0. The predicted octanol–water partition coefficient (Wildman–Crippen LogP) is 6.85. The second-order valence-corrected chi connectivity index (χ2v) is 5.78. The summed E-state index contributed by atoms with van der Waals surface area (Å²) in [4.78, 5) is 0. The summed E-state index contributed by atoms with van der Waals surface area (Å²) in [5, 5.41) is 2.23. The summed E-state index contributed by atoms with van der Waals surface area (Å²) >= 11 is 24.1. The molecule has 0 heterocycles. The van der Waals surface area contributed by atoms with E-state index in [1.54, 1.807) is 30.4 Å². The summed E-state index contributed by atoms with van der Waals surface area (Å²) in [5.74, 6) is 0. The fourth-order valence-corrected chi connectivity index (χ4v) is 2.27. The molecule has 0 radical (unpaired) electrons. The van der Waals surface area contributed by atoms with Crippen molar-refractivity contribution in [2.45, 2.75) is 0 Å². The predicted molar refractivity (Wildman–Crippen MR) is 90.6 cm³/mol. The fraction of sp³-hybridized carbons (Fsp3) is 0. The lowest BCUT2D eigenvalue weighted by atomic mass is 10.2. The molecule has 0 amide bonds. The van der Waals surface area contributed by atoms with Crippen LogP contribution in [0.25, 0.3) is 12.2 Å². The Morgan fingerprint density at radius 1 is 0.700 bits per heavy atom. The SMILES string of the molecule is ClC(=Cc1ccc(Cl)cc1)C(Cl)=Cc1cccc(Cl)c1. The molecule has 0 atom stereocenters. The van der Waals surface area contributed by atoms with Crippen LogP contribution in [-0.4, -0.2) is 0 Å². The molecule has 0 fully saturated rings. The topological polar surface area (TPSA) is 0 Å². The minimum Gasteiger partial charge on any atom is -0.0843 e. The van der Waals surface area contributed by atoms with E-state index in [0.717, 1.165) is 11.1 Å². The fourth-order valence-electron chi connectivity index (χ4n) is 1.59. The largest absolute Gasteiger partial charge is 0.0843 e. The van der Waals surface area contributed by atoms with Crippen molar-refractivity contribution in [3.05, 3.63) is 79.8 Å². The van der Waals surface area contributed by atoms with Gasteiger partial charge in [-0.25, -0.2) is 0 Å². The number of benzene rings is 2. The van der Waals surface area contributed by atoms with Gasteiger partial charge in [0.2, 0.25) is 0 Å². The summed E-state index contributed by atoms with van der Waals surface area (Å²) in [5.41, 5.74) is 1.82. The van der Waals surface area contributed by atoms with Gasteiger partial charge in [0.15, 0.2) is 0 Å². The van der Waals surface area contributed by atoms with Crippen LogP contribution in [0.15, 0.2) is 58.6 Å². The quantitative estimate of drug-likeness (QED) is 0.534. The van der Waals surface area contributed by atoms with E-state index in [0.29, 0.717) is 20.1 Å². The maximum atomic E-state index is 6.19. The molecule has 2 aromatic rings. The average molecular weight is 344 g/mol. The summed E-state index contributed by atoms with van der Waals surface area (Å²) in [6.45, 7) is 0. The van der Waals surface area contributed by atoms with Gasteiger partial charge in [0.1, 0.15) is 0 Å². The number of hydrogen-bond acceptors (Lipinski definition) is 0. The van der Waals surface area contributed by atoms with E-state index in [2.05, 4.69) is 0 Å². The lowest BCUT2D eigenvalue weighted by Gasteiger charge is -2.00. The van der Waals surface area contributed by atoms with Crippen LogP contribution in [-0.2, 0) is 0 Å². The van der Waals surface area contributed by atoms with E-state index in [-0.39, 0.29) is 0 Å². The van der Waals surface area contributed by atoms with Gasteiger partial charge in [-0.1, -0.05) is 70.7 Å². The molecular formula is C16H10Cl4. The van der Waals surface area contributed by atoms with E-state index in [9.17, 15) is 0 Å². The van der Waals surface area contributed by atoms with Gasteiger partial charge >= 0.3 is 0 Å². The highest BCUT2D eigenvalue weighted by atomic mass is 35.5. The molecule has 102 valence electrons. The van der Waals surface area contributed by atoms with Crippen molar-refractivity contribution >= 4 is 58.6 Å². The number of hydrogen-bond donors (Lipinski definition) is 0. The van der Waals surface area contributed by atoms with Gasteiger partial charge in [0, 0.05) is 10.0 Å². The van der Waals surface area contributed by atoms with Gasteiger partial charge in [-0.2, -0.15) is 0 Å². The van der Waals surface area contributed by atoms with Gasteiger partial charge in [-0.15, -0.1) is 0 Å². The molecule has 4 heteroatoms. The first-order chi connectivity index (χ1) is 9.54. The Bertz CT molecular complexity index is 654. The highest BCUT2D eigenvalue weighted by Gasteiger charge is 2.01. The van der Waals surface area contributed by atoms with Gasteiger partial charge in [-0.05, 0) is 47.5 Å². The van der Waals surface area contributed by atoms with Gasteiger partial charge in [0.25, 0.3) is 0 Å². The Balaban J connectivity index is 2.23. The number of allylic oxidation sites excluding steroid dienone is 2. The Morgan fingerprint density at radius 3 is 1.90 bits per heavy atom. The smallest absolute Gasteiger partial charge is 0.0598 e. The first-order valence-corrected chi connectivity index (χ1v) is 7.32. The number of rotatable bonds is 3. The molecule has 0 N–H and O–H groups in total. The molecule has 0 saturated heterocycles. The zero-order valence-corrected chi connectivity index (χ0v) is 13.3. The third-order valence-electron chi connectivity index (χ3n) is 2.53. The molecular weight excluding hydrogens is 334 g/mol. The minimum atomic E-state index is 0.448. The second-order valence-electron chi connectivity index (χ2n) is 4.09. The highest BCUT2D eigenvalue weighted by Crippen LogP contribution is 2.25. The normalized spacial score (nSPS) is 12.6. The molecule has 0 nitrogen and oxygen atoms in total. The Labute approximate surface area is 138 Å². The minimum absolute atomic E-state index is 0.448. The van der Waals surface area contributed by atoms with Crippen LogP contribution >= 0.6 is 46.4 Å². The third-order valence-corrected chi connectivity index (χ3v) is 3.74. The molecule has 2 rings (SSSR count). The van der Waals surface area contributed by atoms with Crippen LogP contribution in [0.5, 0.6) is 0 Å². The molecule has 0 aliphatic rings. The van der Waals surface area contributed by atoms with Gasteiger partial charge < -0.3 is 0 Å². The Kier molecular flexibility index (Phi) is 5.56. The maximum Gasteiger partial charge on any atom is 0.0598 e. The van der Waals surface area contributed by atoms with E-state index in [1.807, 2.05) is 30.3 Å². The maximum absolute atomic E-state index is 6.19. The summed E-state index contributed by atoms with van der Waals surface area (Å²) in [6, 6.07) is 14.7. The Hall–Kier alpha value is -0.920. The van der Waals surface area contributed by atoms with Crippen LogP contribution in [0, 0.1) is 0 Å². The third kappa shape index (κ3) is 4.57. The van der Waals surface area contributed by atoms with Crippen LogP contribution < -0.4 is 0 Å². The molecule has 0 bridgehead atoms. The van der Waals surface area contributed by atoms with Crippen molar-refractivity contribution < 1.29 is 0 Å². The lowest BCUT2D eigenvalue weighted by Crippen LogP contribution is -1.78. The number of halogens is 4. The zero-order chi connectivity index (χ0) is 14.5. The van der Waals surface area contributed by atoms with Crippen LogP contribution in [0.2, 0.25) is 10.0 Å². The van der Waals surface area contributed by atoms with Crippen molar-refractivity contribution in [2.24, 2.45) is 0 Å². The molecule has 0 spiro atoms. The molecule has 0 aromatic heterocycles. The van der Waals surface area contributed by atoms with E-state index in [1.165, 1.54) is 0 Å². The average Bonchev–Trinajstić information content (AvgIpc) is 2.41. The van der Waals surface area contributed by atoms with Gasteiger partial charge in [-0.3, -0.25) is 0 Å². The van der Waals surface area contributed by atoms with Crippen molar-refractivity contribution in [3.8, 4) is 0 Å². The van der Waals surface area contributed by atoms with Crippen molar-refractivity contribution in [3.63, 3.8) is 0 Å². The van der Waals surface area contributed by atoms with Crippen LogP contribution in [0.1, 0.15) is 11.1 Å². The van der Waals surface area contributed by atoms with Crippen molar-refractivity contribution in [1.82, 2.24) is 0 Å². The van der Waals surface area contributed by atoms with E-state index < -0.39 is 0 Å². The molecule has 20 heavy (non-hydrogen) atoms. The summed E-state index contributed by atoms with van der Waals surface area (Å²) < 4.78 is 0. The van der Waals surface area contributed by atoms with E-state index >= 15 is 0 Å². The molecule has 2 aromatic carbocycles. The van der Waals surface area contributed by atoms with E-state index in [4.69, 9.17) is 46.4 Å². The zero-order valence-electron chi connectivity index (χ0n) is 10.3. The molecule has 0 aliphatic carbocycles. The first kappa shape index (κ1) is 15.5. The second kappa shape index (κ2) is 7.19. The lowest BCUT2D eigenvalue weighted by molar-refractivity contribution is 1.64. The monoisotopic (exact) mass is 342 g/mol. The Morgan fingerprint density at radius 2 is 1.30 bits per heavy atom. The highest BCUT2D eigenvalue weighted by molar-refractivity contribution is 6.46. The molecule has 0 saturated carbocycles. The summed E-state index contributed by atoms with van der Waals surface area (Å²) in [6.07, 6.45) is 3.55. The van der Waals surface area contributed by atoms with Crippen LogP contribution in [0.4, 0.5) is 0 Å². The van der Waals surface area contributed by atoms with Crippen molar-refractivity contribution in [1.29, 1.82) is 0 Å². The standard InChI is InChI=1S/C16H10Cl4/c17-13-6-4-11(5-7-13)9-15(19)16(20)10-12-2-1-3-14(18)8-12/h1-10H. The molecule has 0 unspecified atom stereocenters. The van der Waals surface area contributed by atoms with Crippen LogP contribution in [0.3, 0.4) is 0 Å². The molecule has 0 aliphatic heterocycles. The first-order valence-electron chi connectivity index (χ1n) is 5.80. The van der Waals surface area contributed by atoms with Gasteiger partial charge in [0.05, 0.1) is 10.1 Å².